The fraction of sp³-hybridized carbons (Fsp3) is 0.684. The molecule has 112 valence electrons. The van der Waals surface area contributed by atoms with Crippen molar-refractivity contribution in [1.29, 1.82) is 0 Å². The molecule has 1 aromatic carbocycles. The highest BCUT2D eigenvalue weighted by atomic mass is 14.7. The predicted octanol–water partition coefficient (Wildman–Crippen LogP) is 5.16. The van der Waals surface area contributed by atoms with Gasteiger partial charge in [-0.25, -0.2) is 0 Å². The SMILES string of the molecule is Cc1ccc(CCC(C)C)cc1C(N)C1CCCCC1. The first-order valence-electron chi connectivity index (χ1n) is 8.43. The summed E-state index contributed by atoms with van der Waals surface area (Å²) in [4.78, 5) is 0. The van der Waals surface area contributed by atoms with E-state index in [1.54, 1.807) is 0 Å². The van der Waals surface area contributed by atoms with Gasteiger partial charge in [0, 0.05) is 6.04 Å². The molecule has 1 aliphatic carbocycles. The minimum Gasteiger partial charge on any atom is -0.324 e. The van der Waals surface area contributed by atoms with Crippen LogP contribution in [0.2, 0.25) is 0 Å². The number of rotatable bonds is 5. The number of nitrogens with two attached hydrogens (primary N) is 1. The molecule has 0 aromatic heterocycles. The van der Waals surface area contributed by atoms with Gasteiger partial charge in [0.05, 0.1) is 0 Å². The summed E-state index contributed by atoms with van der Waals surface area (Å²) in [6, 6.07) is 7.19. The molecular formula is C19H31N. The Hall–Kier alpha value is -0.820. The lowest BCUT2D eigenvalue weighted by molar-refractivity contribution is 0.307. The molecule has 0 aliphatic heterocycles. The first-order valence-corrected chi connectivity index (χ1v) is 8.43. The summed E-state index contributed by atoms with van der Waals surface area (Å²) in [7, 11) is 0. The summed E-state index contributed by atoms with van der Waals surface area (Å²) in [6.07, 6.45) is 9.21. The first kappa shape index (κ1) is 15.6. The molecule has 0 saturated heterocycles. The fourth-order valence-electron chi connectivity index (χ4n) is 3.41. The van der Waals surface area contributed by atoms with Crippen LogP contribution in [0.3, 0.4) is 0 Å². The zero-order valence-electron chi connectivity index (χ0n) is 13.5. The van der Waals surface area contributed by atoms with Gasteiger partial charge in [-0.15, -0.1) is 0 Å². The zero-order chi connectivity index (χ0) is 14.5. The van der Waals surface area contributed by atoms with Crippen LogP contribution in [0, 0.1) is 18.8 Å². The van der Waals surface area contributed by atoms with Crippen LogP contribution in [0.25, 0.3) is 0 Å². The van der Waals surface area contributed by atoms with E-state index in [0.717, 1.165) is 5.92 Å². The molecule has 1 saturated carbocycles. The van der Waals surface area contributed by atoms with Gasteiger partial charge >= 0.3 is 0 Å². The average Bonchev–Trinajstić information content (AvgIpc) is 2.46. The summed E-state index contributed by atoms with van der Waals surface area (Å²) >= 11 is 0. The molecule has 2 rings (SSSR count). The van der Waals surface area contributed by atoms with Crippen molar-refractivity contribution in [2.75, 3.05) is 0 Å². The highest BCUT2D eigenvalue weighted by Gasteiger charge is 2.23. The highest BCUT2D eigenvalue weighted by molar-refractivity contribution is 5.34. The quantitative estimate of drug-likeness (QED) is 0.787. The summed E-state index contributed by atoms with van der Waals surface area (Å²) in [6.45, 7) is 6.80. The van der Waals surface area contributed by atoms with Gasteiger partial charge in [0.25, 0.3) is 0 Å². The number of hydrogen-bond donors (Lipinski definition) is 1. The summed E-state index contributed by atoms with van der Waals surface area (Å²) < 4.78 is 0. The van der Waals surface area contributed by atoms with E-state index in [1.165, 1.54) is 61.6 Å². The van der Waals surface area contributed by atoms with Crippen molar-refractivity contribution < 1.29 is 0 Å². The van der Waals surface area contributed by atoms with Crippen molar-refractivity contribution in [3.8, 4) is 0 Å². The van der Waals surface area contributed by atoms with Crippen molar-refractivity contribution in [3.63, 3.8) is 0 Å². The minimum atomic E-state index is 0.245. The minimum absolute atomic E-state index is 0.245. The van der Waals surface area contributed by atoms with Crippen LogP contribution in [0.5, 0.6) is 0 Å². The maximum atomic E-state index is 6.60. The Labute approximate surface area is 125 Å². The maximum absolute atomic E-state index is 6.60. The Kier molecular flexibility index (Phi) is 5.65. The van der Waals surface area contributed by atoms with Gasteiger partial charge in [0.2, 0.25) is 0 Å². The zero-order valence-corrected chi connectivity index (χ0v) is 13.5. The summed E-state index contributed by atoms with van der Waals surface area (Å²) in [5.41, 5.74) is 10.8. The number of hydrogen-bond acceptors (Lipinski definition) is 1. The van der Waals surface area contributed by atoms with Gasteiger partial charge < -0.3 is 5.73 Å². The third-order valence-corrected chi connectivity index (χ3v) is 4.87. The molecule has 0 amide bonds. The summed E-state index contributed by atoms with van der Waals surface area (Å²) in [5.74, 6) is 1.47. The monoisotopic (exact) mass is 273 g/mol. The molecule has 0 heterocycles. The third kappa shape index (κ3) is 4.09. The molecule has 0 spiro atoms. The van der Waals surface area contributed by atoms with Crippen molar-refractivity contribution in [2.24, 2.45) is 17.6 Å². The number of aryl methyl sites for hydroxylation is 2. The molecule has 0 radical (unpaired) electrons. The second-order valence-electron chi connectivity index (χ2n) is 7.05. The lowest BCUT2D eigenvalue weighted by Crippen LogP contribution is -2.24. The van der Waals surface area contributed by atoms with E-state index < -0.39 is 0 Å². The van der Waals surface area contributed by atoms with Crippen molar-refractivity contribution in [3.05, 3.63) is 34.9 Å². The van der Waals surface area contributed by atoms with Crippen molar-refractivity contribution >= 4 is 0 Å². The number of benzene rings is 1. The predicted molar refractivity (Wildman–Crippen MR) is 87.8 cm³/mol. The average molecular weight is 273 g/mol. The van der Waals surface area contributed by atoms with Crippen LogP contribution in [0.15, 0.2) is 18.2 Å². The van der Waals surface area contributed by atoms with Gasteiger partial charge in [0.1, 0.15) is 0 Å². The molecular weight excluding hydrogens is 242 g/mol. The first-order chi connectivity index (χ1) is 9.58. The fourth-order valence-corrected chi connectivity index (χ4v) is 3.41. The van der Waals surface area contributed by atoms with Crippen LogP contribution in [0.4, 0.5) is 0 Å². The maximum Gasteiger partial charge on any atom is 0.0326 e. The molecule has 20 heavy (non-hydrogen) atoms. The Bertz CT molecular complexity index is 416. The molecule has 1 aliphatic rings. The van der Waals surface area contributed by atoms with E-state index in [2.05, 4.69) is 39.0 Å². The molecule has 1 heteroatoms. The molecule has 1 atom stereocenters. The Morgan fingerprint density at radius 3 is 2.50 bits per heavy atom. The van der Waals surface area contributed by atoms with E-state index in [9.17, 15) is 0 Å². The topological polar surface area (TPSA) is 26.0 Å². The van der Waals surface area contributed by atoms with Gasteiger partial charge in [-0.2, -0.15) is 0 Å². The second-order valence-corrected chi connectivity index (χ2v) is 7.05. The Morgan fingerprint density at radius 1 is 1.15 bits per heavy atom. The van der Waals surface area contributed by atoms with Gasteiger partial charge in [0.15, 0.2) is 0 Å². The van der Waals surface area contributed by atoms with Gasteiger partial charge in [-0.1, -0.05) is 51.3 Å². The van der Waals surface area contributed by atoms with Crippen LogP contribution in [0.1, 0.15) is 75.1 Å². The van der Waals surface area contributed by atoms with Crippen LogP contribution >= 0.6 is 0 Å². The lowest BCUT2D eigenvalue weighted by atomic mass is 9.80. The molecule has 1 nitrogen and oxygen atoms in total. The van der Waals surface area contributed by atoms with Crippen molar-refractivity contribution in [1.82, 2.24) is 0 Å². The van der Waals surface area contributed by atoms with Gasteiger partial charge in [-0.05, 0) is 61.1 Å². The van der Waals surface area contributed by atoms with Gasteiger partial charge in [-0.3, -0.25) is 0 Å². The Morgan fingerprint density at radius 2 is 1.85 bits per heavy atom. The van der Waals surface area contributed by atoms with Crippen molar-refractivity contribution in [2.45, 2.75) is 71.8 Å². The second kappa shape index (κ2) is 7.26. The molecule has 2 N–H and O–H groups in total. The highest BCUT2D eigenvalue weighted by Crippen LogP contribution is 2.34. The molecule has 0 bridgehead atoms. The van der Waals surface area contributed by atoms with Crippen LogP contribution in [-0.4, -0.2) is 0 Å². The standard InChI is InChI=1S/C19H31N/c1-14(2)9-11-16-12-10-15(3)18(13-16)19(20)17-7-5-4-6-8-17/h10,12-14,17,19H,4-9,11,20H2,1-3H3. The normalized spacial score (nSPS) is 18.4. The molecule has 1 aromatic rings. The van der Waals surface area contributed by atoms with E-state index >= 15 is 0 Å². The van der Waals surface area contributed by atoms with E-state index in [1.807, 2.05) is 0 Å². The smallest absolute Gasteiger partial charge is 0.0326 e. The van der Waals surface area contributed by atoms with E-state index in [0.29, 0.717) is 5.92 Å². The van der Waals surface area contributed by atoms with Crippen LogP contribution in [-0.2, 0) is 6.42 Å². The van der Waals surface area contributed by atoms with E-state index in [4.69, 9.17) is 5.73 Å². The lowest BCUT2D eigenvalue weighted by Gasteiger charge is -2.29. The Balaban J connectivity index is 2.10. The third-order valence-electron chi connectivity index (χ3n) is 4.87. The van der Waals surface area contributed by atoms with E-state index in [-0.39, 0.29) is 6.04 Å². The van der Waals surface area contributed by atoms with Crippen LogP contribution < -0.4 is 5.73 Å². The largest absolute Gasteiger partial charge is 0.324 e. The molecule has 1 unspecified atom stereocenters. The molecule has 1 fully saturated rings. The summed E-state index contributed by atoms with van der Waals surface area (Å²) in [5, 5.41) is 0.